The van der Waals surface area contributed by atoms with Crippen LogP contribution in [-0.2, 0) is 4.89 Å². The van der Waals surface area contributed by atoms with Gasteiger partial charge < -0.3 is 0 Å². The standard InChI is InChI=1S/C22H42O2/c1-3-5-7-9-19-12-16-21(17-13-19)22(24-23)20-14-10-18(11-15-20)8-6-4-2/h18-23H,3-17H2,1-2H3. The van der Waals surface area contributed by atoms with Gasteiger partial charge in [-0.25, -0.2) is 4.89 Å². The van der Waals surface area contributed by atoms with Crippen molar-refractivity contribution >= 4 is 0 Å². The van der Waals surface area contributed by atoms with Crippen molar-refractivity contribution in [2.24, 2.45) is 23.7 Å². The van der Waals surface area contributed by atoms with Crippen molar-refractivity contribution in [3.8, 4) is 0 Å². The highest BCUT2D eigenvalue weighted by molar-refractivity contribution is 4.85. The Morgan fingerprint density at radius 3 is 1.58 bits per heavy atom. The molecule has 0 spiro atoms. The lowest BCUT2D eigenvalue weighted by molar-refractivity contribution is -0.307. The first-order valence-corrected chi connectivity index (χ1v) is 11.1. The van der Waals surface area contributed by atoms with Gasteiger partial charge in [0.2, 0.25) is 0 Å². The zero-order valence-electron chi connectivity index (χ0n) is 16.3. The van der Waals surface area contributed by atoms with E-state index in [0.29, 0.717) is 11.8 Å². The predicted molar refractivity (Wildman–Crippen MR) is 102 cm³/mol. The van der Waals surface area contributed by atoms with Gasteiger partial charge in [-0.1, -0.05) is 84.5 Å². The van der Waals surface area contributed by atoms with Crippen LogP contribution in [0.3, 0.4) is 0 Å². The summed E-state index contributed by atoms with van der Waals surface area (Å²) in [4.78, 5) is 5.08. The minimum Gasteiger partial charge on any atom is -0.252 e. The molecule has 2 rings (SSSR count). The number of unbranched alkanes of at least 4 members (excludes halogenated alkanes) is 3. The molecule has 0 amide bonds. The van der Waals surface area contributed by atoms with Crippen LogP contribution in [0.25, 0.3) is 0 Å². The van der Waals surface area contributed by atoms with E-state index in [2.05, 4.69) is 13.8 Å². The molecule has 0 radical (unpaired) electrons. The van der Waals surface area contributed by atoms with Gasteiger partial charge in [-0.15, -0.1) is 0 Å². The minimum atomic E-state index is 0.119. The summed E-state index contributed by atoms with van der Waals surface area (Å²) < 4.78 is 0. The molecule has 2 heteroatoms. The van der Waals surface area contributed by atoms with Gasteiger partial charge in [-0.2, -0.15) is 0 Å². The quantitative estimate of drug-likeness (QED) is 0.259. The van der Waals surface area contributed by atoms with Crippen molar-refractivity contribution in [1.82, 2.24) is 0 Å². The van der Waals surface area contributed by atoms with Crippen LogP contribution in [0.5, 0.6) is 0 Å². The highest BCUT2D eigenvalue weighted by Crippen LogP contribution is 2.41. The average Bonchev–Trinajstić information content (AvgIpc) is 2.63. The van der Waals surface area contributed by atoms with Gasteiger partial charge in [0.1, 0.15) is 0 Å². The van der Waals surface area contributed by atoms with Gasteiger partial charge in [-0.05, 0) is 49.4 Å². The highest BCUT2D eigenvalue weighted by atomic mass is 17.1. The first-order chi connectivity index (χ1) is 11.8. The molecule has 0 aromatic heterocycles. The van der Waals surface area contributed by atoms with E-state index in [1.165, 1.54) is 96.3 Å². The van der Waals surface area contributed by atoms with E-state index < -0.39 is 0 Å². The molecular weight excluding hydrogens is 296 g/mol. The number of hydrogen-bond donors (Lipinski definition) is 1. The van der Waals surface area contributed by atoms with Crippen molar-refractivity contribution < 1.29 is 10.1 Å². The fourth-order valence-corrected chi connectivity index (χ4v) is 5.34. The maximum absolute atomic E-state index is 9.58. The molecular formula is C22H42O2. The van der Waals surface area contributed by atoms with Crippen molar-refractivity contribution in [3.05, 3.63) is 0 Å². The molecule has 2 nitrogen and oxygen atoms in total. The third-order valence-electron chi connectivity index (χ3n) is 7.02. The number of hydrogen-bond acceptors (Lipinski definition) is 2. The zero-order chi connectivity index (χ0) is 17.2. The lowest BCUT2D eigenvalue weighted by Crippen LogP contribution is -2.36. The molecule has 2 aliphatic rings. The summed E-state index contributed by atoms with van der Waals surface area (Å²) in [6, 6.07) is 0. The topological polar surface area (TPSA) is 29.5 Å². The molecule has 2 saturated carbocycles. The maximum Gasteiger partial charge on any atom is 0.0983 e. The van der Waals surface area contributed by atoms with Gasteiger partial charge in [0.15, 0.2) is 0 Å². The smallest absolute Gasteiger partial charge is 0.0983 e. The Balaban J connectivity index is 1.71. The molecule has 0 aromatic rings. The molecule has 2 aliphatic carbocycles. The Labute approximate surface area is 150 Å². The lowest BCUT2D eigenvalue weighted by Gasteiger charge is -2.39. The van der Waals surface area contributed by atoms with E-state index in [4.69, 9.17) is 4.89 Å². The normalized spacial score (nSPS) is 32.6. The van der Waals surface area contributed by atoms with Gasteiger partial charge in [-0.3, -0.25) is 5.26 Å². The Morgan fingerprint density at radius 2 is 1.17 bits per heavy atom. The van der Waals surface area contributed by atoms with Crippen LogP contribution < -0.4 is 0 Å². The Kier molecular flexibility index (Phi) is 9.71. The average molecular weight is 339 g/mol. The largest absolute Gasteiger partial charge is 0.252 e. The van der Waals surface area contributed by atoms with Crippen LogP contribution in [0.15, 0.2) is 0 Å². The van der Waals surface area contributed by atoms with Crippen LogP contribution in [-0.4, -0.2) is 11.4 Å². The third kappa shape index (κ3) is 6.33. The Hall–Kier alpha value is -0.0800. The summed E-state index contributed by atoms with van der Waals surface area (Å²) in [7, 11) is 0. The van der Waals surface area contributed by atoms with E-state index in [9.17, 15) is 5.26 Å². The fourth-order valence-electron chi connectivity index (χ4n) is 5.34. The SMILES string of the molecule is CCCCCC1CCC(C(OO)C2CCC(CCCC)CC2)CC1. The molecule has 0 aliphatic heterocycles. The Morgan fingerprint density at radius 1 is 0.708 bits per heavy atom. The highest BCUT2D eigenvalue weighted by Gasteiger charge is 2.35. The Bertz CT molecular complexity index is 301. The van der Waals surface area contributed by atoms with Crippen LogP contribution >= 0.6 is 0 Å². The van der Waals surface area contributed by atoms with Crippen molar-refractivity contribution in [2.45, 2.75) is 116 Å². The third-order valence-corrected chi connectivity index (χ3v) is 7.02. The fraction of sp³-hybridized carbons (Fsp3) is 1.00. The van der Waals surface area contributed by atoms with E-state index in [1.54, 1.807) is 0 Å². The second kappa shape index (κ2) is 11.5. The maximum atomic E-state index is 9.58. The van der Waals surface area contributed by atoms with Gasteiger partial charge in [0.05, 0.1) is 6.10 Å². The molecule has 0 saturated heterocycles. The summed E-state index contributed by atoms with van der Waals surface area (Å²) in [6.07, 6.45) is 20.3. The lowest BCUT2D eigenvalue weighted by atomic mass is 9.70. The second-order valence-corrected chi connectivity index (χ2v) is 8.77. The summed E-state index contributed by atoms with van der Waals surface area (Å²) in [5, 5.41) is 9.58. The minimum absolute atomic E-state index is 0.119. The van der Waals surface area contributed by atoms with Crippen molar-refractivity contribution in [1.29, 1.82) is 0 Å². The van der Waals surface area contributed by atoms with Crippen LogP contribution in [0, 0.1) is 23.7 Å². The van der Waals surface area contributed by atoms with Crippen LogP contribution in [0.4, 0.5) is 0 Å². The van der Waals surface area contributed by atoms with E-state index in [1.807, 2.05) is 0 Å². The van der Waals surface area contributed by atoms with Crippen LogP contribution in [0.2, 0.25) is 0 Å². The molecule has 1 unspecified atom stereocenters. The van der Waals surface area contributed by atoms with Crippen molar-refractivity contribution in [3.63, 3.8) is 0 Å². The molecule has 0 bridgehead atoms. The van der Waals surface area contributed by atoms with E-state index >= 15 is 0 Å². The summed E-state index contributed by atoms with van der Waals surface area (Å²) in [6.45, 7) is 4.58. The zero-order valence-corrected chi connectivity index (χ0v) is 16.3. The summed E-state index contributed by atoms with van der Waals surface area (Å²) in [5.74, 6) is 3.09. The summed E-state index contributed by atoms with van der Waals surface area (Å²) >= 11 is 0. The molecule has 24 heavy (non-hydrogen) atoms. The first kappa shape index (κ1) is 20.2. The van der Waals surface area contributed by atoms with E-state index in [0.717, 1.165) is 11.8 Å². The molecule has 142 valence electrons. The monoisotopic (exact) mass is 338 g/mol. The molecule has 1 N–H and O–H groups in total. The first-order valence-electron chi connectivity index (χ1n) is 11.1. The van der Waals surface area contributed by atoms with Gasteiger partial charge in [0, 0.05) is 0 Å². The summed E-state index contributed by atoms with van der Waals surface area (Å²) in [5.41, 5.74) is 0. The molecule has 1 atom stereocenters. The van der Waals surface area contributed by atoms with Gasteiger partial charge >= 0.3 is 0 Å². The molecule has 0 aromatic carbocycles. The van der Waals surface area contributed by atoms with Gasteiger partial charge in [0.25, 0.3) is 0 Å². The van der Waals surface area contributed by atoms with Crippen LogP contribution in [0.1, 0.15) is 110 Å². The number of rotatable bonds is 10. The second-order valence-electron chi connectivity index (χ2n) is 8.77. The van der Waals surface area contributed by atoms with E-state index in [-0.39, 0.29) is 6.10 Å². The predicted octanol–water partition coefficient (Wildman–Crippen LogP) is 7.23. The molecule has 2 fully saturated rings. The van der Waals surface area contributed by atoms with Crippen molar-refractivity contribution in [2.75, 3.05) is 0 Å². The molecule has 0 heterocycles.